The van der Waals surface area contributed by atoms with E-state index >= 15 is 0 Å². The maximum atomic E-state index is 12.2. The second-order valence-corrected chi connectivity index (χ2v) is 6.67. The summed E-state index contributed by atoms with van der Waals surface area (Å²) in [7, 11) is 0. The normalized spacial score (nSPS) is 20.7. The molecule has 3 rings (SSSR count). The Kier molecular flexibility index (Phi) is 6.26. The molecule has 2 heterocycles. The molecule has 25 heavy (non-hydrogen) atoms. The number of hydrogen-bond acceptors (Lipinski definition) is 4. The maximum Gasteiger partial charge on any atom is 0.269 e. The number of nitrogens with zero attached hydrogens (tertiary/aromatic N) is 1. The van der Waals surface area contributed by atoms with Gasteiger partial charge < -0.3 is 15.4 Å². The smallest absolute Gasteiger partial charge is 0.269 e. The van der Waals surface area contributed by atoms with Crippen molar-refractivity contribution < 1.29 is 9.53 Å². The molecule has 1 aromatic carbocycles. The van der Waals surface area contributed by atoms with Gasteiger partial charge in [-0.2, -0.15) is 0 Å². The average molecular weight is 380 g/mol. The van der Waals surface area contributed by atoms with Crippen molar-refractivity contribution >= 4 is 29.1 Å². The van der Waals surface area contributed by atoms with E-state index in [9.17, 15) is 4.79 Å². The van der Waals surface area contributed by atoms with E-state index < -0.39 is 0 Å². The molecule has 0 saturated carbocycles. The predicted molar refractivity (Wildman–Crippen MR) is 98.1 cm³/mol. The van der Waals surface area contributed by atoms with Gasteiger partial charge in [0.25, 0.3) is 5.91 Å². The maximum absolute atomic E-state index is 12.2. The molecule has 2 atom stereocenters. The number of halogens is 2. The van der Waals surface area contributed by atoms with Crippen LogP contribution in [0.2, 0.25) is 10.0 Å². The summed E-state index contributed by atoms with van der Waals surface area (Å²) >= 11 is 12.2. The van der Waals surface area contributed by atoms with Crippen LogP contribution in [-0.4, -0.2) is 37.1 Å². The number of aromatic nitrogens is 1. The minimum absolute atomic E-state index is 0.0624. The van der Waals surface area contributed by atoms with E-state index in [0.717, 1.165) is 18.7 Å². The van der Waals surface area contributed by atoms with Gasteiger partial charge in [0.1, 0.15) is 5.69 Å². The zero-order valence-corrected chi connectivity index (χ0v) is 15.1. The third-order valence-electron chi connectivity index (χ3n) is 4.11. The summed E-state index contributed by atoms with van der Waals surface area (Å²) in [6.07, 6.45) is 1.43. The Bertz CT molecular complexity index is 728. The predicted octanol–water partition coefficient (Wildman–Crippen LogP) is 3.10. The fourth-order valence-electron chi connectivity index (χ4n) is 2.84. The van der Waals surface area contributed by atoms with Crippen molar-refractivity contribution in [1.29, 1.82) is 0 Å². The largest absolute Gasteiger partial charge is 0.372 e. The molecule has 1 saturated heterocycles. The molecule has 1 amide bonds. The molecule has 1 fully saturated rings. The number of hydrogen-bond donors (Lipinski definition) is 2. The Hall–Kier alpha value is -1.66. The molecule has 7 heteroatoms. The molecule has 0 radical (unpaired) electrons. The number of rotatable bonds is 4. The van der Waals surface area contributed by atoms with E-state index in [2.05, 4.69) is 15.6 Å². The van der Waals surface area contributed by atoms with Crippen molar-refractivity contribution in [2.45, 2.75) is 6.10 Å². The summed E-state index contributed by atoms with van der Waals surface area (Å²) in [6, 6.07) is 10.8. The van der Waals surface area contributed by atoms with Crippen LogP contribution in [0, 0.1) is 5.92 Å². The van der Waals surface area contributed by atoms with Gasteiger partial charge in [-0.05, 0) is 29.8 Å². The van der Waals surface area contributed by atoms with Crippen LogP contribution in [0.5, 0.6) is 0 Å². The van der Waals surface area contributed by atoms with Crippen LogP contribution in [0.4, 0.5) is 0 Å². The van der Waals surface area contributed by atoms with Gasteiger partial charge in [0.2, 0.25) is 0 Å². The summed E-state index contributed by atoms with van der Waals surface area (Å²) < 4.78 is 6.00. The van der Waals surface area contributed by atoms with Crippen molar-refractivity contribution in [3.63, 3.8) is 0 Å². The second kappa shape index (κ2) is 8.63. The number of carbonyl (C=O) groups is 1. The van der Waals surface area contributed by atoms with Gasteiger partial charge in [0.05, 0.1) is 22.8 Å². The summed E-state index contributed by atoms with van der Waals surface area (Å²) in [5, 5.41) is 7.29. The number of ether oxygens (including phenoxy) is 1. The van der Waals surface area contributed by atoms with Crippen molar-refractivity contribution in [2.75, 3.05) is 26.2 Å². The van der Waals surface area contributed by atoms with E-state index in [1.54, 1.807) is 30.5 Å². The van der Waals surface area contributed by atoms with Gasteiger partial charge in [-0.25, -0.2) is 0 Å². The molecule has 132 valence electrons. The Morgan fingerprint density at radius 1 is 1.28 bits per heavy atom. The first-order chi connectivity index (χ1) is 12.1. The number of amides is 1. The fourth-order valence-corrected chi connectivity index (χ4v) is 3.14. The molecule has 0 bridgehead atoms. The van der Waals surface area contributed by atoms with Crippen LogP contribution < -0.4 is 10.6 Å². The summed E-state index contributed by atoms with van der Waals surface area (Å²) in [5.74, 6) is -0.134. The lowest BCUT2D eigenvalue weighted by Gasteiger charge is -2.25. The number of carbonyl (C=O) groups excluding carboxylic acids is 1. The van der Waals surface area contributed by atoms with Crippen LogP contribution >= 0.6 is 23.2 Å². The van der Waals surface area contributed by atoms with E-state index in [4.69, 9.17) is 27.9 Å². The lowest BCUT2D eigenvalue weighted by atomic mass is 9.95. The van der Waals surface area contributed by atoms with Crippen molar-refractivity contribution in [2.24, 2.45) is 5.92 Å². The molecule has 2 N–H and O–H groups in total. The van der Waals surface area contributed by atoms with Crippen molar-refractivity contribution in [3.05, 3.63) is 63.9 Å². The molecular weight excluding hydrogens is 361 g/mol. The molecule has 1 aliphatic rings. The highest BCUT2D eigenvalue weighted by Crippen LogP contribution is 2.31. The Morgan fingerprint density at radius 3 is 2.92 bits per heavy atom. The SMILES string of the molecule is O=C(NCC1CNCCOC1c1ccc(Cl)c(Cl)c1)c1ccccn1. The highest BCUT2D eigenvalue weighted by molar-refractivity contribution is 6.42. The standard InChI is InChI=1S/C18H19Cl2N3O2/c19-14-5-4-12(9-15(14)20)17-13(10-21-7-8-25-17)11-23-18(24)16-3-1-2-6-22-16/h1-6,9,13,17,21H,7-8,10-11H2,(H,23,24). The Balaban J connectivity index is 1.72. The summed E-state index contributed by atoms with van der Waals surface area (Å²) in [6.45, 7) is 2.55. The molecule has 2 unspecified atom stereocenters. The quantitative estimate of drug-likeness (QED) is 0.856. The van der Waals surface area contributed by atoms with Crippen LogP contribution in [0.25, 0.3) is 0 Å². The van der Waals surface area contributed by atoms with Gasteiger partial charge in [0, 0.05) is 31.7 Å². The highest BCUT2D eigenvalue weighted by Gasteiger charge is 2.27. The third-order valence-corrected chi connectivity index (χ3v) is 4.84. The molecule has 1 aromatic heterocycles. The molecule has 0 spiro atoms. The average Bonchev–Trinajstić information content (AvgIpc) is 2.88. The van der Waals surface area contributed by atoms with Gasteiger partial charge >= 0.3 is 0 Å². The topological polar surface area (TPSA) is 63.2 Å². The van der Waals surface area contributed by atoms with Crippen LogP contribution in [0.3, 0.4) is 0 Å². The van der Waals surface area contributed by atoms with E-state index in [1.807, 2.05) is 12.1 Å². The lowest BCUT2D eigenvalue weighted by molar-refractivity contribution is 0.0305. The van der Waals surface area contributed by atoms with Crippen LogP contribution in [0.15, 0.2) is 42.6 Å². The van der Waals surface area contributed by atoms with Gasteiger partial charge in [-0.1, -0.05) is 35.3 Å². The van der Waals surface area contributed by atoms with Crippen molar-refractivity contribution in [1.82, 2.24) is 15.6 Å². The number of benzene rings is 1. The highest BCUT2D eigenvalue weighted by atomic mass is 35.5. The zero-order valence-electron chi connectivity index (χ0n) is 13.5. The third kappa shape index (κ3) is 4.70. The molecule has 2 aromatic rings. The summed E-state index contributed by atoms with van der Waals surface area (Å²) in [5.41, 5.74) is 1.35. The van der Waals surface area contributed by atoms with Crippen LogP contribution in [0.1, 0.15) is 22.2 Å². The van der Waals surface area contributed by atoms with Crippen LogP contribution in [-0.2, 0) is 4.74 Å². The number of nitrogens with one attached hydrogen (secondary N) is 2. The van der Waals surface area contributed by atoms with E-state index in [1.165, 1.54) is 0 Å². The first-order valence-electron chi connectivity index (χ1n) is 8.11. The molecular formula is C18H19Cl2N3O2. The Labute approximate surface area is 156 Å². The van der Waals surface area contributed by atoms with Crippen molar-refractivity contribution in [3.8, 4) is 0 Å². The van der Waals surface area contributed by atoms with Gasteiger partial charge in [-0.3, -0.25) is 9.78 Å². The minimum Gasteiger partial charge on any atom is -0.372 e. The monoisotopic (exact) mass is 379 g/mol. The lowest BCUT2D eigenvalue weighted by Crippen LogP contribution is -2.36. The summed E-state index contributed by atoms with van der Waals surface area (Å²) in [4.78, 5) is 16.3. The Morgan fingerprint density at radius 2 is 2.16 bits per heavy atom. The van der Waals surface area contributed by atoms with Gasteiger partial charge in [0.15, 0.2) is 0 Å². The first kappa shape index (κ1) is 18.1. The fraction of sp³-hybridized carbons (Fsp3) is 0.333. The minimum atomic E-state index is -0.197. The van der Waals surface area contributed by atoms with E-state index in [-0.39, 0.29) is 17.9 Å². The van der Waals surface area contributed by atoms with E-state index in [0.29, 0.717) is 28.9 Å². The van der Waals surface area contributed by atoms with Gasteiger partial charge in [-0.15, -0.1) is 0 Å². The molecule has 1 aliphatic heterocycles. The second-order valence-electron chi connectivity index (χ2n) is 5.85. The molecule has 0 aliphatic carbocycles. The first-order valence-corrected chi connectivity index (χ1v) is 8.87. The zero-order chi connectivity index (χ0) is 17.6. The number of pyridine rings is 1. The molecule has 5 nitrogen and oxygen atoms in total.